The maximum absolute atomic E-state index is 5.79. The molecular weight excluding hydrogens is 288 g/mol. The second kappa shape index (κ2) is 4.76. The molecule has 3 rings (SSSR count). The van der Waals surface area contributed by atoms with E-state index in [-0.39, 0.29) is 0 Å². The maximum Gasteiger partial charge on any atom is 0.0509 e. The van der Waals surface area contributed by atoms with Gasteiger partial charge in [0, 0.05) is 23.8 Å². The quantitative estimate of drug-likeness (QED) is 0.858. The highest BCUT2D eigenvalue weighted by molar-refractivity contribution is 9.10. The Hall–Kier alpha value is -0.700. The third-order valence-electron chi connectivity index (χ3n) is 4.78. The number of nitrogens with zero attached hydrogens (tertiary/aromatic N) is 1. The van der Waals surface area contributed by atoms with Crippen molar-refractivity contribution in [1.82, 2.24) is 0 Å². The van der Waals surface area contributed by atoms with Gasteiger partial charge in [0.15, 0.2) is 0 Å². The first-order chi connectivity index (χ1) is 8.63. The summed E-state index contributed by atoms with van der Waals surface area (Å²) in [5, 5.41) is 0. The Balaban J connectivity index is 1.69. The zero-order valence-corrected chi connectivity index (χ0v) is 12.5. The number of fused-ring (bicyclic) bond motifs is 2. The van der Waals surface area contributed by atoms with Gasteiger partial charge in [-0.15, -0.1) is 0 Å². The van der Waals surface area contributed by atoms with Crippen LogP contribution in [0, 0.1) is 17.8 Å². The third-order valence-corrected chi connectivity index (χ3v) is 5.41. The molecule has 3 unspecified atom stereocenters. The van der Waals surface area contributed by atoms with E-state index in [1.165, 1.54) is 37.9 Å². The minimum Gasteiger partial charge on any atom is -0.399 e. The van der Waals surface area contributed by atoms with E-state index >= 15 is 0 Å². The summed E-state index contributed by atoms with van der Waals surface area (Å²) in [6, 6.07) is 6.09. The van der Waals surface area contributed by atoms with Gasteiger partial charge in [-0.2, -0.15) is 0 Å². The first kappa shape index (κ1) is 12.3. The van der Waals surface area contributed by atoms with Crippen LogP contribution in [0.25, 0.3) is 0 Å². The van der Waals surface area contributed by atoms with Crippen LogP contribution in [0.15, 0.2) is 22.7 Å². The molecule has 2 bridgehead atoms. The molecule has 2 fully saturated rings. The summed E-state index contributed by atoms with van der Waals surface area (Å²) < 4.78 is 1.10. The lowest BCUT2D eigenvalue weighted by Gasteiger charge is -2.29. The molecule has 0 saturated heterocycles. The van der Waals surface area contributed by atoms with Crippen LogP contribution in [0.5, 0.6) is 0 Å². The van der Waals surface area contributed by atoms with E-state index < -0.39 is 0 Å². The first-order valence-electron chi connectivity index (χ1n) is 6.89. The van der Waals surface area contributed by atoms with Gasteiger partial charge < -0.3 is 10.6 Å². The Bertz CT molecular complexity index is 446. The average Bonchev–Trinajstić information content (AvgIpc) is 2.90. The monoisotopic (exact) mass is 308 g/mol. The van der Waals surface area contributed by atoms with Gasteiger partial charge in [-0.1, -0.05) is 6.42 Å². The molecule has 3 atom stereocenters. The van der Waals surface area contributed by atoms with Gasteiger partial charge in [0.1, 0.15) is 0 Å². The van der Waals surface area contributed by atoms with E-state index in [0.717, 1.165) is 27.9 Å². The van der Waals surface area contributed by atoms with Crippen molar-refractivity contribution in [2.45, 2.75) is 25.7 Å². The van der Waals surface area contributed by atoms with Crippen molar-refractivity contribution in [3.8, 4) is 0 Å². The fraction of sp³-hybridized carbons (Fsp3) is 0.600. The van der Waals surface area contributed by atoms with Crippen molar-refractivity contribution in [3.63, 3.8) is 0 Å². The summed E-state index contributed by atoms with van der Waals surface area (Å²) in [4.78, 5) is 2.38. The Morgan fingerprint density at radius 1 is 1.33 bits per heavy atom. The molecule has 3 heteroatoms. The fourth-order valence-electron chi connectivity index (χ4n) is 3.88. The summed E-state index contributed by atoms with van der Waals surface area (Å²) in [6.45, 7) is 1.18. The number of benzene rings is 1. The zero-order valence-electron chi connectivity index (χ0n) is 10.9. The highest BCUT2D eigenvalue weighted by Gasteiger charge is 2.39. The number of hydrogen-bond donors (Lipinski definition) is 1. The highest BCUT2D eigenvalue weighted by atomic mass is 79.9. The molecule has 2 aliphatic carbocycles. The van der Waals surface area contributed by atoms with Crippen LogP contribution in [0.4, 0.5) is 11.4 Å². The smallest absolute Gasteiger partial charge is 0.0509 e. The van der Waals surface area contributed by atoms with Crippen molar-refractivity contribution < 1.29 is 0 Å². The van der Waals surface area contributed by atoms with Crippen molar-refractivity contribution in [1.29, 1.82) is 0 Å². The zero-order chi connectivity index (χ0) is 12.7. The van der Waals surface area contributed by atoms with Crippen LogP contribution in [-0.4, -0.2) is 13.6 Å². The second-order valence-corrected chi connectivity index (χ2v) is 6.88. The number of hydrogen-bond acceptors (Lipinski definition) is 2. The van der Waals surface area contributed by atoms with Crippen LogP contribution in [0.3, 0.4) is 0 Å². The van der Waals surface area contributed by atoms with E-state index in [1.807, 2.05) is 12.1 Å². The highest BCUT2D eigenvalue weighted by Crippen LogP contribution is 2.48. The number of anilines is 2. The van der Waals surface area contributed by atoms with Gasteiger partial charge in [-0.25, -0.2) is 0 Å². The van der Waals surface area contributed by atoms with Gasteiger partial charge in [0.05, 0.1) is 5.69 Å². The van der Waals surface area contributed by atoms with E-state index in [2.05, 4.69) is 33.9 Å². The predicted octanol–water partition coefficient (Wildman–Crippen LogP) is 3.90. The molecule has 18 heavy (non-hydrogen) atoms. The molecule has 0 aliphatic heterocycles. The molecule has 2 N–H and O–H groups in total. The lowest BCUT2D eigenvalue weighted by atomic mass is 9.88. The summed E-state index contributed by atoms with van der Waals surface area (Å²) in [7, 11) is 2.20. The van der Waals surface area contributed by atoms with Gasteiger partial charge in [-0.05, 0) is 71.1 Å². The Labute approximate surface area is 118 Å². The third kappa shape index (κ3) is 2.25. The molecule has 0 radical (unpaired) electrons. The lowest BCUT2D eigenvalue weighted by molar-refractivity contribution is 0.337. The van der Waals surface area contributed by atoms with Gasteiger partial charge in [-0.3, -0.25) is 0 Å². The summed E-state index contributed by atoms with van der Waals surface area (Å²) in [6.07, 6.45) is 5.88. The minimum absolute atomic E-state index is 0.818. The molecule has 0 heterocycles. The van der Waals surface area contributed by atoms with Crippen molar-refractivity contribution >= 4 is 27.3 Å². The van der Waals surface area contributed by atoms with Crippen LogP contribution in [-0.2, 0) is 0 Å². The summed E-state index contributed by atoms with van der Waals surface area (Å²) >= 11 is 3.62. The molecule has 2 aliphatic rings. The van der Waals surface area contributed by atoms with Gasteiger partial charge in [0.25, 0.3) is 0 Å². The van der Waals surface area contributed by atoms with Crippen molar-refractivity contribution in [3.05, 3.63) is 22.7 Å². The van der Waals surface area contributed by atoms with E-state index in [4.69, 9.17) is 5.73 Å². The van der Waals surface area contributed by atoms with E-state index in [0.29, 0.717) is 0 Å². The normalized spacial score (nSPS) is 29.8. The molecule has 98 valence electrons. The van der Waals surface area contributed by atoms with Crippen molar-refractivity contribution in [2.75, 3.05) is 24.2 Å². The number of nitrogens with two attached hydrogens (primary N) is 1. The molecule has 1 aromatic carbocycles. The summed E-state index contributed by atoms with van der Waals surface area (Å²) in [5.74, 6) is 2.92. The van der Waals surface area contributed by atoms with Crippen LogP contribution in [0.1, 0.15) is 25.7 Å². The second-order valence-electron chi connectivity index (χ2n) is 6.03. The molecule has 2 nitrogen and oxygen atoms in total. The Morgan fingerprint density at radius 2 is 2.17 bits per heavy atom. The number of nitrogen functional groups attached to an aromatic ring is 1. The predicted molar refractivity (Wildman–Crippen MR) is 80.8 cm³/mol. The van der Waals surface area contributed by atoms with E-state index in [9.17, 15) is 0 Å². The topological polar surface area (TPSA) is 29.3 Å². The average molecular weight is 309 g/mol. The summed E-state index contributed by atoms with van der Waals surface area (Å²) in [5.41, 5.74) is 7.87. The standard InChI is InChI=1S/C15H21BrN2/c1-18(15-5-4-13(17)8-14(15)16)9-12-7-10-2-3-11(12)6-10/h4-5,8,10-12H,2-3,6-7,9,17H2,1H3. The number of rotatable bonds is 3. The molecule has 0 aromatic heterocycles. The molecule has 0 amide bonds. The fourth-order valence-corrected chi connectivity index (χ4v) is 4.58. The molecule has 0 spiro atoms. The van der Waals surface area contributed by atoms with Crippen LogP contribution >= 0.6 is 15.9 Å². The molecule has 2 saturated carbocycles. The van der Waals surface area contributed by atoms with Crippen LogP contribution < -0.4 is 10.6 Å². The number of halogens is 1. The lowest BCUT2D eigenvalue weighted by Crippen LogP contribution is -2.28. The maximum atomic E-state index is 5.79. The Morgan fingerprint density at radius 3 is 2.78 bits per heavy atom. The van der Waals surface area contributed by atoms with Gasteiger partial charge in [0.2, 0.25) is 0 Å². The van der Waals surface area contributed by atoms with Crippen molar-refractivity contribution in [2.24, 2.45) is 17.8 Å². The van der Waals surface area contributed by atoms with Crippen LogP contribution in [0.2, 0.25) is 0 Å². The SMILES string of the molecule is CN(CC1CC2CCC1C2)c1ccc(N)cc1Br. The Kier molecular flexibility index (Phi) is 3.27. The molecule has 1 aromatic rings. The minimum atomic E-state index is 0.818. The largest absolute Gasteiger partial charge is 0.399 e. The van der Waals surface area contributed by atoms with Gasteiger partial charge >= 0.3 is 0 Å². The first-order valence-corrected chi connectivity index (χ1v) is 7.69. The molecular formula is C15H21BrN2. The van der Waals surface area contributed by atoms with E-state index in [1.54, 1.807) is 0 Å².